The van der Waals surface area contributed by atoms with E-state index in [1.807, 2.05) is 19.1 Å². The summed E-state index contributed by atoms with van der Waals surface area (Å²) >= 11 is 0. The van der Waals surface area contributed by atoms with E-state index in [2.05, 4.69) is 5.32 Å². The van der Waals surface area contributed by atoms with E-state index < -0.39 is 5.82 Å². The van der Waals surface area contributed by atoms with Crippen LogP contribution in [0.25, 0.3) is 0 Å². The number of nitrogens with two attached hydrogens (primary N) is 1. The van der Waals surface area contributed by atoms with Crippen LogP contribution in [0, 0.1) is 5.82 Å². The van der Waals surface area contributed by atoms with E-state index in [1.54, 1.807) is 18.2 Å². The van der Waals surface area contributed by atoms with Crippen molar-refractivity contribution in [2.75, 3.05) is 11.9 Å². The van der Waals surface area contributed by atoms with E-state index in [0.717, 1.165) is 5.56 Å². The van der Waals surface area contributed by atoms with Gasteiger partial charge in [-0.25, -0.2) is 4.39 Å². The number of hydrogen-bond donors (Lipinski definition) is 2. The van der Waals surface area contributed by atoms with E-state index in [9.17, 15) is 9.18 Å². The van der Waals surface area contributed by atoms with Crippen molar-refractivity contribution in [3.63, 3.8) is 0 Å². The number of carbonyl (C=O) groups excluding carboxylic acids is 1. The van der Waals surface area contributed by atoms with Crippen LogP contribution in [0.15, 0.2) is 48.5 Å². The van der Waals surface area contributed by atoms with Gasteiger partial charge in [0.25, 0.3) is 5.91 Å². The van der Waals surface area contributed by atoms with Gasteiger partial charge in [-0.15, -0.1) is 0 Å². The molecule has 21 heavy (non-hydrogen) atoms. The summed E-state index contributed by atoms with van der Waals surface area (Å²) in [5.74, 6) is -0.190. The molecular weight excluding hydrogens is 271 g/mol. The summed E-state index contributed by atoms with van der Waals surface area (Å²) in [6, 6.07) is 12.8. The van der Waals surface area contributed by atoms with Gasteiger partial charge < -0.3 is 15.8 Å². The van der Waals surface area contributed by atoms with Crippen molar-refractivity contribution >= 4 is 11.6 Å². The first-order valence-corrected chi connectivity index (χ1v) is 6.58. The fourth-order valence-electron chi connectivity index (χ4n) is 1.80. The van der Waals surface area contributed by atoms with Crippen LogP contribution in [0.4, 0.5) is 10.1 Å². The number of rotatable bonds is 5. The van der Waals surface area contributed by atoms with Gasteiger partial charge in [-0.05, 0) is 42.8 Å². The van der Waals surface area contributed by atoms with Gasteiger partial charge in [-0.2, -0.15) is 0 Å². The number of anilines is 1. The average molecular weight is 288 g/mol. The first kappa shape index (κ1) is 15.0. The molecule has 2 rings (SSSR count). The largest absolute Gasteiger partial charge is 0.484 e. The van der Waals surface area contributed by atoms with Crippen molar-refractivity contribution in [2.45, 2.75) is 13.0 Å². The molecule has 5 heteroatoms. The van der Waals surface area contributed by atoms with Crippen LogP contribution in [0.2, 0.25) is 0 Å². The minimum Gasteiger partial charge on any atom is -0.484 e. The van der Waals surface area contributed by atoms with Crippen molar-refractivity contribution in [3.8, 4) is 5.75 Å². The lowest BCUT2D eigenvalue weighted by Crippen LogP contribution is -2.20. The third kappa shape index (κ3) is 4.57. The summed E-state index contributed by atoms with van der Waals surface area (Å²) in [6.07, 6.45) is 0. The molecule has 4 nitrogen and oxygen atoms in total. The number of hydrogen-bond acceptors (Lipinski definition) is 3. The van der Waals surface area contributed by atoms with Gasteiger partial charge in [0, 0.05) is 11.7 Å². The number of benzene rings is 2. The molecule has 0 saturated heterocycles. The van der Waals surface area contributed by atoms with Crippen LogP contribution in [-0.4, -0.2) is 12.5 Å². The second-order valence-electron chi connectivity index (χ2n) is 4.71. The zero-order chi connectivity index (χ0) is 15.2. The van der Waals surface area contributed by atoms with E-state index >= 15 is 0 Å². The Labute approximate surface area is 122 Å². The lowest BCUT2D eigenvalue weighted by atomic mass is 10.1. The summed E-state index contributed by atoms with van der Waals surface area (Å²) in [5.41, 5.74) is 7.11. The standard InChI is InChI=1S/C16H17FN2O2/c1-11(18)12-4-2-7-15(8-12)21-10-16(20)19-14-6-3-5-13(17)9-14/h2-9,11H,10,18H2,1H3,(H,19,20). The second-order valence-corrected chi connectivity index (χ2v) is 4.71. The highest BCUT2D eigenvalue weighted by atomic mass is 19.1. The fourth-order valence-corrected chi connectivity index (χ4v) is 1.80. The van der Waals surface area contributed by atoms with Gasteiger partial charge in [-0.3, -0.25) is 4.79 Å². The predicted molar refractivity (Wildman–Crippen MR) is 79.6 cm³/mol. The van der Waals surface area contributed by atoms with Crippen LogP contribution in [0.5, 0.6) is 5.75 Å². The summed E-state index contributed by atoms with van der Waals surface area (Å²) < 4.78 is 18.4. The molecule has 2 aromatic carbocycles. The van der Waals surface area contributed by atoms with E-state index in [1.165, 1.54) is 18.2 Å². The molecule has 3 N–H and O–H groups in total. The van der Waals surface area contributed by atoms with Gasteiger partial charge in [-0.1, -0.05) is 18.2 Å². The number of ether oxygens (including phenoxy) is 1. The molecule has 0 radical (unpaired) electrons. The van der Waals surface area contributed by atoms with Gasteiger partial charge in [0.05, 0.1) is 0 Å². The minimum atomic E-state index is -0.404. The quantitative estimate of drug-likeness (QED) is 0.889. The van der Waals surface area contributed by atoms with Crippen LogP contribution in [0.1, 0.15) is 18.5 Å². The van der Waals surface area contributed by atoms with Crippen molar-refractivity contribution < 1.29 is 13.9 Å². The predicted octanol–water partition coefficient (Wildman–Crippen LogP) is 2.86. The lowest BCUT2D eigenvalue weighted by Gasteiger charge is -2.10. The average Bonchev–Trinajstić information content (AvgIpc) is 2.45. The Balaban J connectivity index is 1.90. The van der Waals surface area contributed by atoms with Crippen LogP contribution < -0.4 is 15.8 Å². The Morgan fingerprint density at radius 1 is 1.29 bits per heavy atom. The van der Waals surface area contributed by atoms with Crippen LogP contribution >= 0.6 is 0 Å². The molecule has 0 aliphatic rings. The Morgan fingerprint density at radius 2 is 2.05 bits per heavy atom. The third-order valence-corrected chi connectivity index (χ3v) is 2.86. The van der Waals surface area contributed by atoms with Crippen molar-refractivity contribution in [2.24, 2.45) is 5.73 Å². The molecule has 0 saturated carbocycles. The minimum absolute atomic E-state index is 0.102. The molecule has 0 aliphatic heterocycles. The SMILES string of the molecule is CC(N)c1cccc(OCC(=O)Nc2cccc(F)c2)c1. The van der Waals surface area contributed by atoms with Gasteiger partial charge in [0.1, 0.15) is 11.6 Å². The molecule has 0 heterocycles. The highest BCUT2D eigenvalue weighted by Crippen LogP contribution is 2.17. The highest BCUT2D eigenvalue weighted by Gasteiger charge is 2.06. The van der Waals surface area contributed by atoms with Gasteiger partial charge in [0.2, 0.25) is 0 Å². The summed E-state index contributed by atoms with van der Waals surface area (Å²) in [4.78, 5) is 11.7. The molecule has 0 fully saturated rings. The monoisotopic (exact) mass is 288 g/mol. The summed E-state index contributed by atoms with van der Waals surface area (Å²) in [7, 11) is 0. The van der Waals surface area contributed by atoms with Gasteiger partial charge >= 0.3 is 0 Å². The maximum atomic E-state index is 13.0. The molecule has 1 atom stereocenters. The fraction of sp³-hybridized carbons (Fsp3) is 0.188. The lowest BCUT2D eigenvalue weighted by molar-refractivity contribution is -0.118. The maximum absolute atomic E-state index is 13.0. The molecule has 1 amide bonds. The molecule has 0 aromatic heterocycles. The highest BCUT2D eigenvalue weighted by molar-refractivity contribution is 5.91. The third-order valence-electron chi connectivity index (χ3n) is 2.86. The van der Waals surface area contributed by atoms with Crippen LogP contribution in [0.3, 0.4) is 0 Å². The Bertz CT molecular complexity index is 629. The van der Waals surface area contributed by atoms with Crippen molar-refractivity contribution in [1.82, 2.24) is 0 Å². The van der Waals surface area contributed by atoms with E-state index in [0.29, 0.717) is 11.4 Å². The van der Waals surface area contributed by atoms with Crippen molar-refractivity contribution in [1.29, 1.82) is 0 Å². The first-order valence-electron chi connectivity index (χ1n) is 6.58. The first-order chi connectivity index (χ1) is 10.0. The molecule has 2 aromatic rings. The van der Waals surface area contributed by atoms with E-state index in [4.69, 9.17) is 10.5 Å². The van der Waals surface area contributed by atoms with Crippen LogP contribution in [-0.2, 0) is 4.79 Å². The maximum Gasteiger partial charge on any atom is 0.262 e. The number of nitrogens with one attached hydrogen (secondary N) is 1. The summed E-state index contributed by atoms with van der Waals surface area (Å²) in [5, 5.41) is 2.56. The number of carbonyl (C=O) groups is 1. The molecule has 0 bridgehead atoms. The zero-order valence-electron chi connectivity index (χ0n) is 11.7. The smallest absolute Gasteiger partial charge is 0.262 e. The van der Waals surface area contributed by atoms with E-state index in [-0.39, 0.29) is 18.6 Å². The molecule has 1 unspecified atom stereocenters. The Hall–Kier alpha value is -2.40. The normalized spacial score (nSPS) is 11.8. The zero-order valence-corrected chi connectivity index (χ0v) is 11.7. The van der Waals surface area contributed by atoms with Crippen molar-refractivity contribution in [3.05, 3.63) is 59.9 Å². The molecule has 0 aliphatic carbocycles. The molecular formula is C16H17FN2O2. The Kier molecular flexibility index (Phi) is 4.90. The topological polar surface area (TPSA) is 64.3 Å². The molecule has 110 valence electrons. The Morgan fingerprint density at radius 3 is 2.76 bits per heavy atom. The number of halogens is 1. The molecule has 0 spiro atoms. The number of amides is 1. The summed E-state index contributed by atoms with van der Waals surface area (Å²) in [6.45, 7) is 1.72. The second kappa shape index (κ2) is 6.85. The van der Waals surface area contributed by atoms with Gasteiger partial charge in [0.15, 0.2) is 6.61 Å².